The molecule has 2 N–H and O–H groups in total. The van der Waals surface area contributed by atoms with Crippen LogP contribution in [0, 0.1) is 13.8 Å². The molecule has 1 rings (SSSR count). The Morgan fingerprint density at radius 1 is 1.39 bits per heavy atom. The summed E-state index contributed by atoms with van der Waals surface area (Å²) < 4.78 is 1.63. The zero-order valence-electron chi connectivity index (χ0n) is 11.4. The van der Waals surface area contributed by atoms with Gasteiger partial charge in [-0.2, -0.15) is 5.10 Å². The summed E-state index contributed by atoms with van der Waals surface area (Å²) in [6.07, 6.45) is -0.128. The number of carbonyl (C=O) groups is 2. The molecule has 0 saturated carbocycles. The van der Waals surface area contributed by atoms with Gasteiger partial charge in [0.1, 0.15) is 0 Å². The highest BCUT2D eigenvalue weighted by Gasteiger charge is 2.27. The van der Waals surface area contributed by atoms with E-state index in [-0.39, 0.29) is 12.3 Å². The summed E-state index contributed by atoms with van der Waals surface area (Å²) in [6.45, 7) is 6.92. The first kappa shape index (κ1) is 14.2. The molecule has 18 heavy (non-hydrogen) atoms. The second kappa shape index (κ2) is 4.80. The minimum absolute atomic E-state index is 0.128. The molecule has 6 nitrogen and oxygen atoms in total. The van der Waals surface area contributed by atoms with Gasteiger partial charge < -0.3 is 10.4 Å². The van der Waals surface area contributed by atoms with E-state index >= 15 is 0 Å². The Labute approximate surface area is 106 Å². The van der Waals surface area contributed by atoms with Crippen molar-refractivity contribution in [2.45, 2.75) is 39.7 Å². The van der Waals surface area contributed by atoms with Crippen molar-refractivity contribution < 1.29 is 14.7 Å². The number of aliphatic carboxylic acids is 1. The average molecular weight is 253 g/mol. The minimum atomic E-state index is -0.945. The van der Waals surface area contributed by atoms with E-state index in [1.54, 1.807) is 39.4 Å². The molecule has 0 aliphatic heterocycles. The molecule has 1 aromatic rings. The highest BCUT2D eigenvalue weighted by molar-refractivity contribution is 5.97. The quantitative estimate of drug-likeness (QED) is 0.839. The molecule has 0 aliphatic carbocycles. The third-order valence-electron chi connectivity index (χ3n) is 2.78. The lowest BCUT2D eigenvalue weighted by atomic mass is 10.00. The number of carboxylic acids is 1. The zero-order chi connectivity index (χ0) is 14.1. The monoisotopic (exact) mass is 253 g/mol. The normalized spacial score (nSPS) is 11.4. The molecule has 1 amide bonds. The molecule has 0 unspecified atom stereocenters. The Kier molecular flexibility index (Phi) is 3.79. The Morgan fingerprint density at radius 3 is 2.33 bits per heavy atom. The second-order valence-corrected chi connectivity index (χ2v) is 5.08. The van der Waals surface area contributed by atoms with E-state index in [4.69, 9.17) is 5.11 Å². The molecule has 0 atom stereocenters. The number of carboxylic acid groups (broad SMARTS) is 1. The number of hydrogen-bond donors (Lipinski definition) is 2. The number of aryl methyl sites for hydroxylation is 2. The molecule has 1 heterocycles. The molecule has 0 bridgehead atoms. The molecule has 6 heteroatoms. The average Bonchev–Trinajstić information content (AvgIpc) is 2.37. The van der Waals surface area contributed by atoms with Crippen molar-refractivity contribution in [3.05, 3.63) is 17.0 Å². The lowest BCUT2D eigenvalue weighted by molar-refractivity contribution is -0.138. The van der Waals surface area contributed by atoms with E-state index in [1.165, 1.54) is 0 Å². The summed E-state index contributed by atoms with van der Waals surface area (Å²) in [6, 6.07) is 0. The number of amides is 1. The van der Waals surface area contributed by atoms with Crippen molar-refractivity contribution in [3.63, 3.8) is 0 Å². The lowest BCUT2D eigenvalue weighted by Crippen LogP contribution is -2.45. The van der Waals surface area contributed by atoms with Crippen molar-refractivity contribution in [2.75, 3.05) is 0 Å². The van der Waals surface area contributed by atoms with Crippen LogP contribution in [0.2, 0.25) is 0 Å². The molecule has 0 spiro atoms. The third-order valence-corrected chi connectivity index (χ3v) is 2.78. The summed E-state index contributed by atoms with van der Waals surface area (Å²) in [7, 11) is 1.77. The number of carbonyl (C=O) groups excluding carboxylic acids is 1. The van der Waals surface area contributed by atoms with Crippen LogP contribution >= 0.6 is 0 Å². The Morgan fingerprint density at radius 2 is 1.94 bits per heavy atom. The molecular weight excluding hydrogens is 234 g/mol. The number of nitrogens with one attached hydrogen (secondary N) is 1. The highest BCUT2D eigenvalue weighted by Crippen LogP contribution is 2.15. The number of hydrogen-bond acceptors (Lipinski definition) is 3. The molecule has 0 fully saturated rings. The Hall–Kier alpha value is -1.85. The van der Waals surface area contributed by atoms with Gasteiger partial charge in [0.2, 0.25) is 0 Å². The fraction of sp³-hybridized carbons (Fsp3) is 0.583. The smallest absolute Gasteiger partial charge is 0.305 e. The van der Waals surface area contributed by atoms with Crippen molar-refractivity contribution >= 4 is 11.9 Å². The van der Waals surface area contributed by atoms with Crippen molar-refractivity contribution in [1.29, 1.82) is 0 Å². The van der Waals surface area contributed by atoms with Crippen LogP contribution in [0.4, 0.5) is 0 Å². The van der Waals surface area contributed by atoms with Crippen molar-refractivity contribution in [2.24, 2.45) is 7.05 Å². The van der Waals surface area contributed by atoms with Gasteiger partial charge in [-0.05, 0) is 27.7 Å². The molecule has 0 aromatic carbocycles. The van der Waals surface area contributed by atoms with Gasteiger partial charge in [0, 0.05) is 18.3 Å². The Bertz CT molecular complexity index is 489. The van der Waals surface area contributed by atoms with Crippen molar-refractivity contribution in [3.8, 4) is 0 Å². The van der Waals surface area contributed by atoms with Gasteiger partial charge in [0.15, 0.2) is 0 Å². The lowest BCUT2D eigenvalue weighted by Gasteiger charge is -2.24. The van der Waals surface area contributed by atoms with Crippen LogP contribution in [0.15, 0.2) is 0 Å². The van der Waals surface area contributed by atoms with Crippen LogP contribution in [0.3, 0.4) is 0 Å². The summed E-state index contributed by atoms with van der Waals surface area (Å²) in [4.78, 5) is 22.8. The minimum Gasteiger partial charge on any atom is -0.481 e. The summed E-state index contributed by atoms with van der Waals surface area (Å²) >= 11 is 0. The van der Waals surface area contributed by atoms with E-state index in [9.17, 15) is 9.59 Å². The van der Waals surface area contributed by atoms with Crippen LogP contribution < -0.4 is 5.32 Å². The maximum absolute atomic E-state index is 12.1. The van der Waals surface area contributed by atoms with Gasteiger partial charge in [0.05, 0.1) is 17.7 Å². The van der Waals surface area contributed by atoms with E-state index < -0.39 is 11.5 Å². The summed E-state index contributed by atoms with van der Waals surface area (Å²) in [5.41, 5.74) is 1.11. The predicted molar refractivity (Wildman–Crippen MR) is 66.5 cm³/mol. The second-order valence-electron chi connectivity index (χ2n) is 5.08. The van der Waals surface area contributed by atoms with E-state index in [2.05, 4.69) is 10.4 Å². The largest absolute Gasteiger partial charge is 0.481 e. The molecule has 0 aliphatic rings. The zero-order valence-corrected chi connectivity index (χ0v) is 11.4. The van der Waals surface area contributed by atoms with Crippen molar-refractivity contribution in [1.82, 2.24) is 15.1 Å². The van der Waals surface area contributed by atoms with Crippen LogP contribution in [-0.4, -0.2) is 32.3 Å². The number of aromatic nitrogens is 2. The summed E-state index contributed by atoms with van der Waals surface area (Å²) in [5.74, 6) is -1.23. The van der Waals surface area contributed by atoms with Crippen LogP contribution in [-0.2, 0) is 11.8 Å². The van der Waals surface area contributed by atoms with Gasteiger partial charge in [-0.3, -0.25) is 14.3 Å². The van der Waals surface area contributed by atoms with Crippen LogP contribution in [0.25, 0.3) is 0 Å². The first-order valence-corrected chi connectivity index (χ1v) is 5.68. The predicted octanol–water partition coefficient (Wildman–Crippen LogP) is 1.02. The first-order valence-electron chi connectivity index (χ1n) is 5.68. The molecule has 1 aromatic heterocycles. The van der Waals surface area contributed by atoms with Gasteiger partial charge in [-0.1, -0.05) is 0 Å². The van der Waals surface area contributed by atoms with Gasteiger partial charge >= 0.3 is 5.97 Å². The molecule has 0 radical (unpaired) electrons. The van der Waals surface area contributed by atoms with Gasteiger partial charge in [-0.25, -0.2) is 0 Å². The summed E-state index contributed by atoms with van der Waals surface area (Å²) in [5, 5.41) is 15.7. The topological polar surface area (TPSA) is 84.2 Å². The van der Waals surface area contributed by atoms with Gasteiger partial charge in [-0.15, -0.1) is 0 Å². The van der Waals surface area contributed by atoms with Crippen LogP contribution in [0.5, 0.6) is 0 Å². The fourth-order valence-corrected chi connectivity index (χ4v) is 1.89. The van der Waals surface area contributed by atoms with Crippen LogP contribution in [0.1, 0.15) is 42.0 Å². The van der Waals surface area contributed by atoms with Gasteiger partial charge in [0.25, 0.3) is 5.91 Å². The molecule has 0 saturated heterocycles. The fourth-order valence-electron chi connectivity index (χ4n) is 1.89. The maximum atomic E-state index is 12.1. The number of nitrogens with zero attached hydrogens (tertiary/aromatic N) is 2. The molecule has 100 valence electrons. The Balaban J connectivity index is 2.92. The molecular formula is C12H19N3O3. The SMILES string of the molecule is Cc1nn(C)c(C)c1C(=O)NC(C)(C)CC(=O)O. The highest BCUT2D eigenvalue weighted by atomic mass is 16.4. The third kappa shape index (κ3) is 3.09. The van der Waals surface area contributed by atoms with E-state index in [0.717, 1.165) is 5.69 Å². The maximum Gasteiger partial charge on any atom is 0.305 e. The number of rotatable bonds is 4. The van der Waals surface area contributed by atoms with E-state index in [0.29, 0.717) is 11.3 Å². The standard InChI is InChI=1S/C12H19N3O3/c1-7-10(8(2)15(5)14-7)11(18)13-12(3,4)6-9(16)17/h6H2,1-5H3,(H,13,18)(H,16,17). The van der Waals surface area contributed by atoms with E-state index in [1.807, 2.05) is 0 Å². The first-order chi connectivity index (χ1) is 8.14.